The molecule has 0 saturated carbocycles. The Morgan fingerprint density at radius 2 is 1.90 bits per heavy atom. The molecule has 2 atom stereocenters. The van der Waals surface area contributed by atoms with E-state index in [0.29, 0.717) is 12.2 Å². The van der Waals surface area contributed by atoms with Gasteiger partial charge in [-0.1, -0.05) is 25.1 Å². The van der Waals surface area contributed by atoms with Gasteiger partial charge < -0.3 is 10.5 Å². The normalized spacial score (nSPS) is 15.0. The summed E-state index contributed by atoms with van der Waals surface area (Å²) in [4.78, 5) is 1.65. The Balaban J connectivity index is 3.00. The van der Waals surface area contributed by atoms with E-state index in [-0.39, 0.29) is 18.6 Å². The lowest BCUT2D eigenvalue weighted by Crippen LogP contribution is -2.40. The van der Waals surface area contributed by atoms with Crippen LogP contribution in [0.25, 0.3) is 0 Å². The van der Waals surface area contributed by atoms with Crippen LogP contribution in [0.3, 0.4) is 0 Å². The summed E-state index contributed by atoms with van der Waals surface area (Å²) in [6.45, 7) is 1.82. The lowest BCUT2D eigenvalue weighted by molar-refractivity contribution is -0.138. The molecular weight excluding hydrogens is 281 g/mol. The Morgan fingerprint density at radius 3 is 2.43 bits per heavy atom. The number of benzene rings is 1. The molecule has 0 aliphatic carbocycles. The van der Waals surface area contributed by atoms with Crippen LogP contribution < -0.4 is 10.5 Å². The lowest BCUT2D eigenvalue weighted by atomic mass is 9.95. The van der Waals surface area contributed by atoms with Crippen LogP contribution in [-0.4, -0.2) is 37.8 Å². The quantitative estimate of drug-likeness (QED) is 0.839. The van der Waals surface area contributed by atoms with Crippen molar-refractivity contribution >= 4 is 0 Å². The summed E-state index contributed by atoms with van der Waals surface area (Å²) in [5.41, 5.74) is 6.95. The van der Waals surface area contributed by atoms with Gasteiger partial charge in [0, 0.05) is 18.2 Å². The van der Waals surface area contributed by atoms with E-state index in [0.717, 1.165) is 5.56 Å². The molecule has 0 saturated heterocycles. The molecule has 1 aromatic carbocycles. The van der Waals surface area contributed by atoms with Gasteiger partial charge in [-0.3, -0.25) is 4.90 Å². The van der Waals surface area contributed by atoms with Gasteiger partial charge in [-0.05, 0) is 19.5 Å². The Kier molecular flexibility index (Phi) is 6.48. The zero-order chi connectivity index (χ0) is 16.0. The molecule has 6 heteroatoms. The minimum absolute atomic E-state index is 0.0973. The largest absolute Gasteiger partial charge is 0.496 e. The third-order valence-corrected chi connectivity index (χ3v) is 3.56. The van der Waals surface area contributed by atoms with Crippen LogP contribution in [0.15, 0.2) is 24.3 Å². The number of alkyl halides is 3. The molecule has 1 rings (SSSR count). The summed E-state index contributed by atoms with van der Waals surface area (Å²) in [6, 6.07) is 6.73. The highest BCUT2D eigenvalue weighted by molar-refractivity contribution is 5.36. The molecule has 3 nitrogen and oxygen atoms in total. The Hall–Kier alpha value is -1.27. The highest BCUT2D eigenvalue weighted by Gasteiger charge is 2.31. The van der Waals surface area contributed by atoms with E-state index in [1.165, 1.54) is 0 Å². The van der Waals surface area contributed by atoms with Crippen molar-refractivity contribution in [2.45, 2.75) is 38.0 Å². The molecule has 0 spiro atoms. The second-order valence-electron chi connectivity index (χ2n) is 5.10. The molecular formula is C15H23F3N2O. The monoisotopic (exact) mass is 304 g/mol. The maximum Gasteiger partial charge on any atom is 0.390 e. The van der Waals surface area contributed by atoms with Crippen molar-refractivity contribution in [1.82, 2.24) is 4.90 Å². The second-order valence-corrected chi connectivity index (χ2v) is 5.10. The number of ether oxygens (including phenoxy) is 1. The van der Waals surface area contributed by atoms with Crippen LogP contribution in [0.5, 0.6) is 5.75 Å². The standard InChI is InChI=1S/C15H23F3N2O/c1-4-12(19)14(20(2)10-9-15(16,17)18)11-7-5-6-8-13(11)21-3/h5-8,12,14H,4,9-10,19H2,1-3H3. The fourth-order valence-electron chi connectivity index (χ4n) is 2.37. The highest BCUT2D eigenvalue weighted by atomic mass is 19.4. The third-order valence-electron chi connectivity index (χ3n) is 3.56. The first-order chi connectivity index (χ1) is 9.80. The van der Waals surface area contributed by atoms with Gasteiger partial charge in [0.05, 0.1) is 19.6 Å². The number of hydrogen-bond donors (Lipinski definition) is 1. The SMILES string of the molecule is CCC(N)C(c1ccccc1OC)N(C)CCC(F)(F)F. The smallest absolute Gasteiger partial charge is 0.390 e. The van der Waals surface area contributed by atoms with Gasteiger partial charge in [0.2, 0.25) is 0 Å². The fourth-order valence-corrected chi connectivity index (χ4v) is 2.37. The van der Waals surface area contributed by atoms with Crippen LogP contribution in [-0.2, 0) is 0 Å². The van der Waals surface area contributed by atoms with Crippen molar-refractivity contribution in [3.05, 3.63) is 29.8 Å². The second kappa shape index (κ2) is 7.66. The number of hydrogen-bond acceptors (Lipinski definition) is 3. The van der Waals surface area contributed by atoms with Crippen molar-refractivity contribution in [2.75, 3.05) is 20.7 Å². The Labute approximate surface area is 123 Å². The van der Waals surface area contributed by atoms with Crippen molar-refractivity contribution in [3.8, 4) is 5.75 Å². The van der Waals surface area contributed by atoms with Crippen molar-refractivity contribution in [1.29, 1.82) is 0 Å². The first-order valence-corrected chi connectivity index (χ1v) is 6.95. The number of halogens is 3. The number of rotatable bonds is 7. The first kappa shape index (κ1) is 17.8. The van der Waals surface area contributed by atoms with E-state index in [2.05, 4.69) is 0 Å². The van der Waals surface area contributed by atoms with Gasteiger partial charge >= 0.3 is 6.18 Å². The Bertz CT molecular complexity index is 437. The van der Waals surface area contributed by atoms with Crippen LogP contribution in [0, 0.1) is 0 Å². The summed E-state index contributed by atoms with van der Waals surface area (Å²) in [6.07, 6.45) is -4.36. The number of likely N-dealkylation sites (N-methyl/N-ethyl adjacent to an activating group) is 1. The molecule has 2 N–H and O–H groups in total. The van der Waals surface area contributed by atoms with Crippen molar-refractivity contribution in [3.63, 3.8) is 0 Å². The summed E-state index contributed by atoms with van der Waals surface area (Å²) in [7, 11) is 3.21. The van der Waals surface area contributed by atoms with Crippen LogP contribution in [0.4, 0.5) is 13.2 Å². The maximum atomic E-state index is 12.4. The molecule has 0 bridgehead atoms. The third kappa shape index (κ3) is 5.21. The molecule has 2 unspecified atom stereocenters. The molecule has 0 fully saturated rings. The molecule has 120 valence electrons. The topological polar surface area (TPSA) is 38.5 Å². The van der Waals surface area contributed by atoms with Crippen molar-refractivity contribution in [2.24, 2.45) is 5.73 Å². The average Bonchev–Trinajstić information content (AvgIpc) is 2.45. The summed E-state index contributed by atoms with van der Waals surface area (Å²) >= 11 is 0. The summed E-state index contributed by atoms with van der Waals surface area (Å²) < 4.78 is 42.6. The van der Waals surface area contributed by atoms with E-state index >= 15 is 0 Å². The molecule has 0 aliphatic rings. The zero-order valence-electron chi connectivity index (χ0n) is 12.7. The van der Waals surface area contributed by atoms with E-state index in [1.54, 1.807) is 25.1 Å². The van der Waals surface area contributed by atoms with Crippen molar-refractivity contribution < 1.29 is 17.9 Å². The van der Waals surface area contributed by atoms with E-state index < -0.39 is 12.6 Å². The molecule has 0 heterocycles. The van der Waals surface area contributed by atoms with E-state index in [9.17, 15) is 13.2 Å². The highest BCUT2D eigenvalue weighted by Crippen LogP contribution is 2.32. The Morgan fingerprint density at radius 1 is 1.29 bits per heavy atom. The molecule has 0 radical (unpaired) electrons. The molecule has 1 aromatic rings. The number of para-hydroxylation sites is 1. The van der Waals surface area contributed by atoms with Crippen LogP contribution in [0.1, 0.15) is 31.4 Å². The lowest BCUT2D eigenvalue weighted by Gasteiger charge is -2.33. The van der Waals surface area contributed by atoms with Gasteiger partial charge in [0.15, 0.2) is 0 Å². The minimum atomic E-state index is -4.17. The van der Waals surface area contributed by atoms with Crippen LogP contribution >= 0.6 is 0 Å². The first-order valence-electron chi connectivity index (χ1n) is 6.95. The fraction of sp³-hybridized carbons (Fsp3) is 0.600. The number of methoxy groups -OCH3 is 1. The number of nitrogens with two attached hydrogens (primary N) is 1. The zero-order valence-corrected chi connectivity index (χ0v) is 12.7. The van der Waals surface area contributed by atoms with Gasteiger partial charge in [0.1, 0.15) is 5.75 Å². The molecule has 0 amide bonds. The van der Waals surface area contributed by atoms with Gasteiger partial charge in [-0.2, -0.15) is 13.2 Å². The molecule has 0 aromatic heterocycles. The number of nitrogens with zero attached hydrogens (tertiary/aromatic N) is 1. The average molecular weight is 304 g/mol. The van der Waals surface area contributed by atoms with Gasteiger partial charge in [-0.25, -0.2) is 0 Å². The minimum Gasteiger partial charge on any atom is -0.496 e. The molecule has 21 heavy (non-hydrogen) atoms. The summed E-state index contributed by atoms with van der Waals surface area (Å²) in [5, 5.41) is 0. The van der Waals surface area contributed by atoms with E-state index in [4.69, 9.17) is 10.5 Å². The molecule has 0 aliphatic heterocycles. The van der Waals surface area contributed by atoms with Gasteiger partial charge in [-0.15, -0.1) is 0 Å². The van der Waals surface area contributed by atoms with Crippen LogP contribution in [0.2, 0.25) is 0 Å². The van der Waals surface area contributed by atoms with Gasteiger partial charge in [0.25, 0.3) is 0 Å². The van der Waals surface area contributed by atoms with E-state index in [1.807, 2.05) is 25.1 Å². The predicted molar refractivity (Wildman–Crippen MR) is 77.3 cm³/mol. The summed E-state index contributed by atoms with van der Waals surface area (Å²) in [5.74, 6) is 0.644. The maximum absolute atomic E-state index is 12.4. The predicted octanol–water partition coefficient (Wildman–Crippen LogP) is 3.36.